The molecule has 9 heteroatoms. The summed E-state index contributed by atoms with van der Waals surface area (Å²) in [5.74, 6) is 0.351. The zero-order chi connectivity index (χ0) is 33.5. The zero-order valence-corrected chi connectivity index (χ0v) is 28.2. The molecule has 2 amide bonds. The van der Waals surface area contributed by atoms with Crippen molar-refractivity contribution in [2.75, 3.05) is 10.8 Å². The Morgan fingerprint density at radius 1 is 0.804 bits per heavy atom. The van der Waals surface area contributed by atoms with Gasteiger partial charge in [0.2, 0.25) is 11.8 Å². The molecule has 1 N–H and O–H groups in total. The number of para-hydroxylation sites is 1. The van der Waals surface area contributed by atoms with Gasteiger partial charge in [-0.15, -0.1) is 0 Å². The van der Waals surface area contributed by atoms with Gasteiger partial charge in [0.05, 0.1) is 10.6 Å². The first-order valence-electron chi connectivity index (χ1n) is 15.4. The molecule has 4 aromatic rings. The van der Waals surface area contributed by atoms with Gasteiger partial charge in [-0.3, -0.25) is 13.9 Å². The monoisotopic (exact) mass is 641 g/mol. The molecule has 8 nitrogen and oxygen atoms in total. The lowest BCUT2D eigenvalue weighted by Crippen LogP contribution is -2.55. The molecule has 242 valence electrons. The molecule has 0 saturated heterocycles. The van der Waals surface area contributed by atoms with Crippen LogP contribution in [0.25, 0.3) is 0 Å². The molecule has 0 spiro atoms. The Morgan fingerprint density at radius 2 is 1.43 bits per heavy atom. The van der Waals surface area contributed by atoms with Crippen molar-refractivity contribution in [3.05, 3.63) is 120 Å². The van der Waals surface area contributed by atoms with Crippen LogP contribution in [-0.4, -0.2) is 43.3 Å². The molecule has 4 aromatic carbocycles. The van der Waals surface area contributed by atoms with Gasteiger partial charge in [-0.1, -0.05) is 72.6 Å². The molecule has 0 aromatic heterocycles. The van der Waals surface area contributed by atoms with Gasteiger partial charge in [-0.05, 0) is 95.1 Å². The van der Waals surface area contributed by atoms with E-state index in [1.807, 2.05) is 96.1 Å². The third-order valence-electron chi connectivity index (χ3n) is 7.31. The van der Waals surface area contributed by atoms with Crippen LogP contribution < -0.4 is 14.4 Å². The molecule has 0 bridgehead atoms. The van der Waals surface area contributed by atoms with Crippen molar-refractivity contribution in [3.63, 3.8) is 0 Å². The molecule has 0 heterocycles. The highest BCUT2D eigenvalue weighted by Gasteiger charge is 2.34. The molecule has 0 saturated carbocycles. The first kappa shape index (κ1) is 34.2. The van der Waals surface area contributed by atoms with Crippen molar-refractivity contribution in [2.45, 2.75) is 71.0 Å². The van der Waals surface area contributed by atoms with Crippen molar-refractivity contribution in [1.82, 2.24) is 10.2 Å². The first-order chi connectivity index (χ1) is 21.8. The Balaban J connectivity index is 1.74. The van der Waals surface area contributed by atoms with Crippen LogP contribution in [0.1, 0.15) is 50.8 Å². The van der Waals surface area contributed by atoms with Crippen molar-refractivity contribution in [3.8, 4) is 11.5 Å². The standard InChI is InChI=1S/C37H43N3O5S/c1-7-34(36(42)38-37(4,5)6)39(25-29-13-11-12-28(3)24-29)35(41)26-40(46(43,44)33-22-16-27(2)17-23-33)30-18-20-32(21-19-30)45-31-14-9-8-10-15-31/h8-24,34H,7,25-26H2,1-6H3,(H,38,42). The number of nitrogens with one attached hydrogen (secondary N) is 1. The van der Waals surface area contributed by atoms with Gasteiger partial charge in [0.15, 0.2) is 0 Å². The molecule has 0 aliphatic heterocycles. The van der Waals surface area contributed by atoms with Crippen LogP contribution in [0.15, 0.2) is 108 Å². The number of aryl methyl sites for hydroxylation is 2. The van der Waals surface area contributed by atoms with Crippen molar-refractivity contribution in [2.24, 2.45) is 0 Å². The van der Waals surface area contributed by atoms with Gasteiger partial charge in [-0.25, -0.2) is 8.42 Å². The zero-order valence-electron chi connectivity index (χ0n) is 27.4. The van der Waals surface area contributed by atoms with E-state index in [0.717, 1.165) is 21.0 Å². The second-order valence-corrected chi connectivity index (χ2v) is 14.3. The predicted molar refractivity (Wildman–Crippen MR) is 182 cm³/mol. The molecule has 0 radical (unpaired) electrons. The Hall–Kier alpha value is -4.63. The van der Waals surface area contributed by atoms with Crippen LogP contribution in [-0.2, 0) is 26.2 Å². The molecular weight excluding hydrogens is 598 g/mol. The maximum atomic E-state index is 14.3. The van der Waals surface area contributed by atoms with E-state index in [-0.39, 0.29) is 23.0 Å². The number of benzene rings is 4. The van der Waals surface area contributed by atoms with E-state index in [4.69, 9.17) is 4.74 Å². The lowest BCUT2D eigenvalue weighted by Gasteiger charge is -2.35. The van der Waals surface area contributed by atoms with Crippen molar-refractivity contribution < 1.29 is 22.7 Å². The fourth-order valence-electron chi connectivity index (χ4n) is 5.05. The van der Waals surface area contributed by atoms with Gasteiger partial charge in [-0.2, -0.15) is 0 Å². The Bertz CT molecular complexity index is 1730. The maximum absolute atomic E-state index is 14.3. The number of carbonyl (C=O) groups is 2. The molecule has 46 heavy (non-hydrogen) atoms. The lowest BCUT2D eigenvalue weighted by atomic mass is 10.0. The van der Waals surface area contributed by atoms with Crippen LogP contribution in [0.3, 0.4) is 0 Å². The minimum absolute atomic E-state index is 0.0539. The van der Waals surface area contributed by atoms with Gasteiger partial charge < -0.3 is 15.0 Å². The summed E-state index contributed by atoms with van der Waals surface area (Å²) >= 11 is 0. The van der Waals surface area contributed by atoms with E-state index >= 15 is 0 Å². The highest BCUT2D eigenvalue weighted by molar-refractivity contribution is 7.92. The third kappa shape index (κ3) is 8.97. The first-order valence-corrected chi connectivity index (χ1v) is 16.8. The Labute approximate surface area is 273 Å². The van der Waals surface area contributed by atoms with E-state index in [0.29, 0.717) is 17.9 Å². The second-order valence-electron chi connectivity index (χ2n) is 12.4. The predicted octanol–water partition coefficient (Wildman–Crippen LogP) is 7.01. The molecule has 4 rings (SSSR count). The number of carbonyl (C=O) groups excluding carboxylic acids is 2. The smallest absolute Gasteiger partial charge is 0.264 e. The summed E-state index contributed by atoms with van der Waals surface area (Å²) in [6.07, 6.45) is 0.343. The molecule has 1 atom stereocenters. The maximum Gasteiger partial charge on any atom is 0.264 e. The topological polar surface area (TPSA) is 96.0 Å². The summed E-state index contributed by atoms with van der Waals surface area (Å²) in [7, 11) is -4.19. The van der Waals surface area contributed by atoms with E-state index < -0.39 is 34.1 Å². The molecule has 1 unspecified atom stereocenters. The van der Waals surface area contributed by atoms with Gasteiger partial charge in [0.25, 0.3) is 10.0 Å². The summed E-state index contributed by atoms with van der Waals surface area (Å²) in [6.45, 7) is 10.9. The number of nitrogens with zero attached hydrogens (tertiary/aromatic N) is 2. The summed E-state index contributed by atoms with van der Waals surface area (Å²) in [5.41, 5.74) is 2.53. The second kappa shape index (κ2) is 14.6. The number of anilines is 1. The highest BCUT2D eigenvalue weighted by Crippen LogP contribution is 2.29. The van der Waals surface area contributed by atoms with Gasteiger partial charge >= 0.3 is 0 Å². The van der Waals surface area contributed by atoms with E-state index in [1.165, 1.54) is 17.0 Å². The van der Waals surface area contributed by atoms with Crippen LogP contribution >= 0.6 is 0 Å². The van der Waals surface area contributed by atoms with Gasteiger partial charge in [0.1, 0.15) is 24.1 Å². The van der Waals surface area contributed by atoms with Crippen LogP contribution in [0.2, 0.25) is 0 Å². The van der Waals surface area contributed by atoms with Crippen LogP contribution in [0.4, 0.5) is 5.69 Å². The number of hydrogen-bond donors (Lipinski definition) is 1. The van der Waals surface area contributed by atoms with Crippen molar-refractivity contribution in [1.29, 1.82) is 0 Å². The quantitative estimate of drug-likeness (QED) is 0.180. The van der Waals surface area contributed by atoms with E-state index in [9.17, 15) is 18.0 Å². The largest absolute Gasteiger partial charge is 0.457 e. The normalized spacial score (nSPS) is 12.2. The molecular formula is C37H43N3O5S. The van der Waals surface area contributed by atoms with Crippen LogP contribution in [0, 0.1) is 13.8 Å². The van der Waals surface area contributed by atoms with E-state index in [1.54, 1.807) is 36.4 Å². The van der Waals surface area contributed by atoms with Gasteiger partial charge in [0, 0.05) is 12.1 Å². The average molecular weight is 642 g/mol. The molecule has 0 aliphatic carbocycles. The van der Waals surface area contributed by atoms with E-state index in [2.05, 4.69) is 5.32 Å². The summed E-state index contributed by atoms with van der Waals surface area (Å²) in [4.78, 5) is 29.4. The average Bonchev–Trinajstić information content (AvgIpc) is 3.00. The summed E-state index contributed by atoms with van der Waals surface area (Å²) < 4.78 is 35.4. The number of hydrogen-bond acceptors (Lipinski definition) is 5. The lowest BCUT2D eigenvalue weighted by molar-refractivity contribution is -0.141. The number of amides is 2. The van der Waals surface area contributed by atoms with Crippen molar-refractivity contribution >= 4 is 27.5 Å². The summed E-state index contributed by atoms with van der Waals surface area (Å²) in [6, 6.07) is 29.2. The number of rotatable bonds is 12. The SMILES string of the molecule is CCC(C(=O)NC(C)(C)C)N(Cc1cccc(C)c1)C(=O)CN(c1ccc(Oc2ccccc2)cc1)S(=O)(=O)c1ccc(C)cc1. The minimum atomic E-state index is -4.19. The highest BCUT2D eigenvalue weighted by atomic mass is 32.2. The minimum Gasteiger partial charge on any atom is -0.457 e. The van der Waals surface area contributed by atoms with Crippen LogP contribution in [0.5, 0.6) is 11.5 Å². The third-order valence-corrected chi connectivity index (χ3v) is 9.10. The summed E-state index contributed by atoms with van der Waals surface area (Å²) in [5, 5.41) is 3.00. The number of ether oxygens (including phenoxy) is 1. The number of sulfonamides is 1. The fourth-order valence-corrected chi connectivity index (χ4v) is 6.47. The molecule has 0 aliphatic rings. The Morgan fingerprint density at radius 3 is 2.02 bits per heavy atom. The molecule has 0 fully saturated rings. The Kier molecular flexibility index (Phi) is 10.9. The fraction of sp³-hybridized carbons (Fsp3) is 0.297.